The molecule has 0 radical (unpaired) electrons. The van der Waals surface area contributed by atoms with Gasteiger partial charge in [-0.25, -0.2) is 0 Å². The van der Waals surface area contributed by atoms with Gasteiger partial charge in [0.1, 0.15) is 0 Å². The molecule has 14 heavy (non-hydrogen) atoms. The van der Waals surface area contributed by atoms with Crippen molar-refractivity contribution < 1.29 is 4.74 Å². The Kier molecular flexibility index (Phi) is 6.58. The molecule has 0 amide bonds. The fourth-order valence-electron chi connectivity index (χ4n) is 0.779. The van der Waals surface area contributed by atoms with Crippen LogP contribution in [-0.2, 0) is 4.74 Å². The van der Waals surface area contributed by atoms with Gasteiger partial charge >= 0.3 is 0 Å². The van der Waals surface area contributed by atoms with E-state index in [1.165, 1.54) is 0 Å². The summed E-state index contributed by atoms with van der Waals surface area (Å²) in [5.74, 6) is 0. The topological polar surface area (TPSA) is 24.5 Å². The van der Waals surface area contributed by atoms with Crippen LogP contribution in [0.4, 0.5) is 0 Å². The van der Waals surface area contributed by atoms with Crippen molar-refractivity contribution in [3.05, 3.63) is 36.7 Å². The quantitative estimate of drug-likeness (QED) is 0.622. The van der Waals surface area contributed by atoms with E-state index in [0.717, 1.165) is 17.9 Å². The number of rotatable bonds is 7. The first-order valence-corrected chi connectivity index (χ1v) is 4.55. The monoisotopic (exact) mass is 196 g/mol. The largest absolute Gasteiger partial charge is 0.389 e. The molecule has 0 aliphatic carbocycles. The molecule has 80 valence electrons. The van der Waals surface area contributed by atoms with Crippen LogP contribution >= 0.6 is 0 Å². The Morgan fingerprint density at radius 1 is 1.43 bits per heavy atom. The zero-order valence-corrected chi connectivity index (χ0v) is 9.34. The van der Waals surface area contributed by atoms with Crippen molar-refractivity contribution in [3.8, 4) is 0 Å². The second-order valence-corrected chi connectivity index (χ2v) is 3.01. The molecule has 0 saturated heterocycles. The van der Waals surface area contributed by atoms with E-state index in [1.807, 2.05) is 31.1 Å². The highest BCUT2D eigenvalue weighted by Gasteiger charge is 1.96. The third kappa shape index (κ3) is 5.43. The average Bonchev–Trinajstić information content (AvgIpc) is 2.21. The summed E-state index contributed by atoms with van der Waals surface area (Å²) in [7, 11) is 5.51. The number of ether oxygens (including phenoxy) is 1. The van der Waals surface area contributed by atoms with Crippen LogP contribution in [0.5, 0.6) is 0 Å². The average molecular weight is 196 g/mol. The van der Waals surface area contributed by atoms with Crippen LogP contribution in [0.1, 0.15) is 0 Å². The van der Waals surface area contributed by atoms with E-state index in [1.54, 1.807) is 7.11 Å². The summed E-state index contributed by atoms with van der Waals surface area (Å²) in [6.45, 7) is 9.26. The highest BCUT2D eigenvalue weighted by atomic mass is 16.5. The Morgan fingerprint density at radius 2 is 2.07 bits per heavy atom. The van der Waals surface area contributed by atoms with Crippen LogP contribution in [0.15, 0.2) is 36.7 Å². The Balaban J connectivity index is 3.94. The van der Waals surface area contributed by atoms with Crippen molar-refractivity contribution in [3.63, 3.8) is 0 Å². The van der Waals surface area contributed by atoms with Crippen LogP contribution in [0, 0.1) is 0 Å². The van der Waals surface area contributed by atoms with E-state index in [2.05, 4.69) is 18.5 Å². The number of hydrogen-bond acceptors (Lipinski definition) is 3. The molecule has 0 rings (SSSR count). The fourth-order valence-corrected chi connectivity index (χ4v) is 0.779. The minimum absolute atomic E-state index is 0.705. The molecular formula is C11H20N2O. The molecule has 3 heteroatoms. The number of allylic oxidation sites excluding steroid dienone is 2. The van der Waals surface area contributed by atoms with Crippen molar-refractivity contribution in [1.82, 2.24) is 10.2 Å². The molecular weight excluding hydrogens is 176 g/mol. The maximum atomic E-state index is 4.97. The van der Waals surface area contributed by atoms with Crippen molar-refractivity contribution >= 4 is 0 Å². The minimum Gasteiger partial charge on any atom is -0.389 e. The van der Waals surface area contributed by atoms with Gasteiger partial charge in [-0.05, 0) is 12.2 Å². The first-order valence-electron chi connectivity index (χ1n) is 4.55. The summed E-state index contributed by atoms with van der Waals surface area (Å²) in [5.41, 5.74) is 1.81. The highest BCUT2D eigenvalue weighted by Crippen LogP contribution is 2.01. The molecule has 0 aromatic carbocycles. The van der Waals surface area contributed by atoms with Crippen LogP contribution in [0.3, 0.4) is 0 Å². The normalized spacial score (nSPS) is 10.2. The van der Waals surface area contributed by atoms with Crippen LogP contribution in [0.2, 0.25) is 0 Å². The van der Waals surface area contributed by atoms with Gasteiger partial charge in [0, 0.05) is 39.1 Å². The van der Waals surface area contributed by atoms with Crippen LogP contribution < -0.4 is 5.32 Å². The number of likely N-dealkylation sites (N-methyl/N-ethyl adjacent to an activating group) is 2. The molecule has 0 heterocycles. The Labute approximate surface area is 86.7 Å². The van der Waals surface area contributed by atoms with Gasteiger partial charge in [-0.3, -0.25) is 0 Å². The number of hydrogen-bond donors (Lipinski definition) is 1. The van der Waals surface area contributed by atoms with E-state index in [0.29, 0.717) is 6.61 Å². The lowest BCUT2D eigenvalue weighted by Gasteiger charge is -2.18. The van der Waals surface area contributed by atoms with Gasteiger partial charge < -0.3 is 15.0 Å². The van der Waals surface area contributed by atoms with E-state index in [-0.39, 0.29) is 0 Å². The van der Waals surface area contributed by atoms with E-state index >= 15 is 0 Å². The molecule has 0 spiro atoms. The molecule has 0 aliphatic heterocycles. The predicted molar refractivity (Wildman–Crippen MR) is 61.0 cm³/mol. The summed E-state index contributed by atoms with van der Waals surface area (Å²) in [4.78, 5) is 2.03. The molecule has 1 N–H and O–H groups in total. The summed E-state index contributed by atoms with van der Waals surface area (Å²) in [6.07, 6.45) is 3.82. The Bertz CT molecular complexity index is 221. The van der Waals surface area contributed by atoms with Crippen molar-refractivity contribution in [2.24, 2.45) is 0 Å². The standard InChI is InChI=1S/C11H20N2O/c1-10(12-3)6-7-11(2)13(4)8-9-14-5/h6-7,12H,1-2,8-9H2,3-5H3/b7-6-. The van der Waals surface area contributed by atoms with E-state index in [4.69, 9.17) is 4.74 Å². The van der Waals surface area contributed by atoms with Crippen LogP contribution in [-0.4, -0.2) is 39.3 Å². The lowest BCUT2D eigenvalue weighted by Crippen LogP contribution is -2.20. The molecule has 0 unspecified atom stereocenters. The third-order valence-electron chi connectivity index (χ3n) is 1.92. The van der Waals surface area contributed by atoms with Crippen molar-refractivity contribution in [1.29, 1.82) is 0 Å². The molecule has 0 aliphatic rings. The lowest BCUT2D eigenvalue weighted by molar-refractivity contribution is 0.175. The SMILES string of the molecule is C=C(/C=C\C(=C)N(C)CCOC)NC. The lowest BCUT2D eigenvalue weighted by atomic mass is 10.3. The van der Waals surface area contributed by atoms with Crippen molar-refractivity contribution in [2.45, 2.75) is 0 Å². The van der Waals surface area contributed by atoms with Gasteiger partial charge in [0.2, 0.25) is 0 Å². The summed E-state index contributed by atoms with van der Waals surface area (Å²) < 4.78 is 4.97. The Hall–Kier alpha value is -1.22. The second kappa shape index (κ2) is 7.21. The molecule has 0 saturated carbocycles. The zero-order valence-electron chi connectivity index (χ0n) is 9.34. The van der Waals surface area contributed by atoms with Gasteiger partial charge in [0.25, 0.3) is 0 Å². The van der Waals surface area contributed by atoms with Gasteiger partial charge in [0.05, 0.1) is 6.61 Å². The number of nitrogens with zero attached hydrogens (tertiary/aromatic N) is 1. The smallest absolute Gasteiger partial charge is 0.0637 e. The molecule has 3 nitrogen and oxygen atoms in total. The number of methoxy groups -OCH3 is 1. The van der Waals surface area contributed by atoms with Gasteiger partial charge in [-0.15, -0.1) is 0 Å². The maximum Gasteiger partial charge on any atom is 0.0637 e. The highest BCUT2D eigenvalue weighted by molar-refractivity contribution is 5.22. The molecule has 0 fully saturated rings. The van der Waals surface area contributed by atoms with Gasteiger partial charge in [0.15, 0.2) is 0 Å². The third-order valence-corrected chi connectivity index (χ3v) is 1.92. The molecule has 0 aromatic heterocycles. The fraction of sp³-hybridized carbons (Fsp3) is 0.455. The van der Waals surface area contributed by atoms with Gasteiger partial charge in [-0.2, -0.15) is 0 Å². The predicted octanol–water partition coefficient (Wildman–Crippen LogP) is 1.37. The summed E-state index contributed by atoms with van der Waals surface area (Å²) in [6, 6.07) is 0. The van der Waals surface area contributed by atoms with E-state index in [9.17, 15) is 0 Å². The molecule has 0 bridgehead atoms. The van der Waals surface area contributed by atoms with Crippen molar-refractivity contribution in [2.75, 3.05) is 34.4 Å². The first kappa shape index (κ1) is 12.8. The first-order chi connectivity index (χ1) is 6.61. The maximum absolute atomic E-state index is 4.97. The summed E-state index contributed by atoms with van der Waals surface area (Å²) >= 11 is 0. The Morgan fingerprint density at radius 3 is 2.57 bits per heavy atom. The second-order valence-electron chi connectivity index (χ2n) is 3.01. The zero-order chi connectivity index (χ0) is 11.0. The number of nitrogens with one attached hydrogen (secondary N) is 1. The summed E-state index contributed by atoms with van der Waals surface area (Å²) in [5, 5.41) is 2.94. The van der Waals surface area contributed by atoms with Gasteiger partial charge in [-0.1, -0.05) is 13.2 Å². The minimum atomic E-state index is 0.705. The molecule has 0 atom stereocenters. The van der Waals surface area contributed by atoms with E-state index < -0.39 is 0 Å². The molecule has 0 aromatic rings. The van der Waals surface area contributed by atoms with Crippen LogP contribution in [0.25, 0.3) is 0 Å².